The van der Waals surface area contributed by atoms with E-state index in [9.17, 15) is 13.2 Å². The Morgan fingerprint density at radius 3 is 1.86 bits per heavy atom. The van der Waals surface area contributed by atoms with Crippen molar-refractivity contribution in [3.63, 3.8) is 0 Å². The fourth-order valence-electron chi connectivity index (χ4n) is 1.31. The van der Waals surface area contributed by atoms with Gasteiger partial charge in [-0.15, -0.1) is 0 Å². The largest absolute Gasteiger partial charge is 0.542 e. The number of aliphatic carboxylic acids is 1. The number of alkyl halides is 3. The van der Waals surface area contributed by atoms with Crippen molar-refractivity contribution in [1.82, 2.24) is 0 Å². The zero-order valence-corrected chi connectivity index (χ0v) is 12.4. The number of hydrogen-bond acceptors (Lipinski definition) is 3. The SMILES string of the molecule is COc1ccc([SH+]c2ccccc2)cc1.O=C([O-])C(F)(F)F. The van der Waals surface area contributed by atoms with Crippen molar-refractivity contribution in [1.29, 1.82) is 0 Å². The molecule has 2 aromatic carbocycles. The summed E-state index contributed by atoms with van der Waals surface area (Å²) in [5.41, 5.74) is 0. The third-order valence-corrected chi connectivity index (χ3v) is 3.43. The second kappa shape index (κ2) is 8.33. The third-order valence-electron chi connectivity index (χ3n) is 2.32. The number of hydrogen-bond donors (Lipinski definition) is 0. The maximum atomic E-state index is 10.5. The maximum Gasteiger partial charge on any atom is 0.430 e. The lowest BCUT2D eigenvalue weighted by molar-refractivity contribution is -0.344. The highest BCUT2D eigenvalue weighted by Crippen LogP contribution is 2.16. The van der Waals surface area contributed by atoms with Gasteiger partial charge in [0.2, 0.25) is 0 Å². The fraction of sp³-hybridized carbons (Fsp3) is 0.133. The summed E-state index contributed by atoms with van der Waals surface area (Å²) in [5.74, 6) is -2.10. The summed E-state index contributed by atoms with van der Waals surface area (Å²) in [4.78, 5) is 11.4. The molecule has 0 aliphatic carbocycles. The Balaban J connectivity index is 0.000000295. The first-order chi connectivity index (χ1) is 10.3. The molecule has 118 valence electrons. The van der Waals surface area contributed by atoms with Gasteiger partial charge in [-0.1, -0.05) is 18.2 Å². The topological polar surface area (TPSA) is 49.4 Å². The summed E-state index contributed by atoms with van der Waals surface area (Å²) in [6.07, 6.45) is -5.19. The van der Waals surface area contributed by atoms with Crippen molar-refractivity contribution in [2.75, 3.05) is 7.11 Å². The first-order valence-electron chi connectivity index (χ1n) is 6.02. The Hall–Kier alpha value is -2.15. The van der Waals surface area contributed by atoms with E-state index < -0.39 is 12.1 Å². The molecule has 0 amide bonds. The summed E-state index contributed by atoms with van der Waals surface area (Å²) >= 11 is 1.24. The third kappa shape index (κ3) is 6.53. The quantitative estimate of drug-likeness (QED) is 0.640. The lowest BCUT2D eigenvalue weighted by Crippen LogP contribution is -2.37. The van der Waals surface area contributed by atoms with Crippen LogP contribution in [-0.2, 0) is 16.6 Å². The van der Waals surface area contributed by atoms with E-state index in [4.69, 9.17) is 14.6 Å². The Labute approximate surface area is 129 Å². The van der Waals surface area contributed by atoms with Crippen LogP contribution in [0.2, 0.25) is 0 Å². The smallest absolute Gasteiger partial charge is 0.430 e. The second-order valence-corrected chi connectivity index (χ2v) is 5.19. The number of thiol groups is 1. The van der Waals surface area contributed by atoms with Crippen LogP contribution in [0, 0.1) is 0 Å². The predicted octanol–water partition coefficient (Wildman–Crippen LogP) is 2.23. The minimum Gasteiger partial charge on any atom is -0.542 e. The van der Waals surface area contributed by atoms with E-state index in [0.717, 1.165) is 5.75 Å². The first kappa shape index (κ1) is 17.9. The fourth-order valence-corrected chi connectivity index (χ4v) is 2.23. The highest BCUT2D eigenvalue weighted by Gasteiger charge is 2.28. The lowest BCUT2D eigenvalue weighted by Gasteiger charge is -2.03. The Kier molecular flexibility index (Phi) is 6.78. The van der Waals surface area contributed by atoms with Gasteiger partial charge in [0.1, 0.15) is 11.7 Å². The Morgan fingerprint density at radius 2 is 1.45 bits per heavy atom. The van der Waals surface area contributed by atoms with Gasteiger partial charge < -0.3 is 14.6 Å². The van der Waals surface area contributed by atoms with Crippen LogP contribution in [0.15, 0.2) is 64.4 Å². The zero-order valence-electron chi connectivity index (χ0n) is 11.5. The monoisotopic (exact) mass is 330 g/mol. The van der Waals surface area contributed by atoms with Crippen molar-refractivity contribution in [2.45, 2.75) is 16.0 Å². The number of benzene rings is 2. The van der Waals surface area contributed by atoms with Crippen molar-refractivity contribution >= 4 is 17.7 Å². The van der Waals surface area contributed by atoms with E-state index in [1.165, 1.54) is 21.6 Å². The van der Waals surface area contributed by atoms with Crippen LogP contribution in [-0.4, -0.2) is 19.3 Å². The number of carbonyl (C=O) groups is 1. The van der Waals surface area contributed by atoms with Crippen LogP contribution >= 0.6 is 0 Å². The summed E-state index contributed by atoms with van der Waals surface area (Å²) in [6.45, 7) is 0. The molecule has 7 heteroatoms. The molecule has 0 atom stereocenters. The molecule has 2 aromatic rings. The molecular formula is C15H13F3O3S. The molecule has 0 heterocycles. The van der Waals surface area contributed by atoms with Crippen LogP contribution in [0.1, 0.15) is 0 Å². The average Bonchev–Trinajstić information content (AvgIpc) is 2.49. The van der Waals surface area contributed by atoms with Crippen molar-refractivity contribution in [3.05, 3.63) is 54.6 Å². The average molecular weight is 330 g/mol. The molecule has 0 aliphatic rings. The van der Waals surface area contributed by atoms with Gasteiger partial charge in [-0.3, -0.25) is 0 Å². The number of methoxy groups -OCH3 is 1. The van der Waals surface area contributed by atoms with Gasteiger partial charge in [-0.2, -0.15) is 13.2 Å². The van der Waals surface area contributed by atoms with Gasteiger partial charge in [0.05, 0.1) is 7.11 Å². The van der Waals surface area contributed by atoms with E-state index >= 15 is 0 Å². The maximum absolute atomic E-state index is 10.5. The molecular weight excluding hydrogens is 317 g/mol. The Bertz CT molecular complexity index is 583. The Morgan fingerprint density at radius 1 is 1.00 bits per heavy atom. The zero-order chi connectivity index (χ0) is 16.6. The molecule has 0 aromatic heterocycles. The van der Waals surface area contributed by atoms with Crippen molar-refractivity contribution < 1.29 is 27.8 Å². The van der Waals surface area contributed by atoms with E-state index in [-0.39, 0.29) is 0 Å². The molecule has 0 saturated carbocycles. The first-order valence-corrected chi connectivity index (χ1v) is 6.91. The minimum atomic E-state index is -5.19. The standard InChI is InChI=1S/C13H12OS.C2HF3O2/c1-14-11-7-9-13(10-8-11)15-12-5-3-2-4-6-12;3-2(4,5)1(6)7/h2-10H,1H3;(H,6,7). The minimum absolute atomic E-state index is 0.905. The van der Waals surface area contributed by atoms with Crippen LogP contribution in [0.4, 0.5) is 13.2 Å². The van der Waals surface area contributed by atoms with E-state index in [0.29, 0.717) is 0 Å². The van der Waals surface area contributed by atoms with Crippen LogP contribution in [0.25, 0.3) is 0 Å². The van der Waals surface area contributed by atoms with Gasteiger partial charge in [0.25, 0.3) is 0 Å². The van der Waals surface area contributed by atoms with Gasteiger partial charge in [0, 0.05) is 11.8 Å². The molecule has 0 unspecified atom stereocenters. The van der Waals surface area contributed by atoms with E-state index in [1.807, 2.05) is 18.2 Å². The summed E-state index contributed by atoms with van der Waals surface area (Å²) in [7, 11) is 1.68. The molecule has 0 bridgehead atoms. The van der Waals surface area contributed by atoms with E-state index in [2.05, 4.69) is 36.4 Å². The van der Waals surface area contributed by atoms with Crippen LogP contribution in [0.5, 0.6) is 5.75 Å². The number of ether oxygens (including phenoxy) is 1. The number of halogens is 3. The molecule has 0 radical (unpaired) electrons. The molecule has 2 rings (SSSR count). The van der Waals surface area contributed by atoms with Crippen LogP contribution < -0.4 is 9.84 Å². The highest BCUT2D eigenvalue weighted by atomic mass is 32.2. The second-order valence-electron chi connectivity index (χ2n) is 3.93. The molecule has 0 fully saturated rings. The van der Waals surface area contributed by atoms with Crippen molar-refractivity contribution in [2.24, 2.45) is 0 Å². The summed E-state index contributed by atoms with van der Waals surface area (Å²) in [6, 6.07) is 18.6. The molecule has 0 spiro atoms. The number of carboxylic acid groups (broad SMARTS) is 1. The number of carboxylic acids is 1. The summed E-state index contributed by atoms with van der Waals surface area (Å²) < 4.78 is 36.7. The molecule has 0 aliphatic heterocycles. The number of carbonyl (C=O) groups excluding carboxylic acids is 1. The lowest BCUT2D eigenvalue weighted by atomic mass is 10.3. The number of rotatable bonds is 3. The van der Waals surface area contributed by atoms with Gasteiger partial charge in [-0.05, 0) is 36.4 Å². The van der Waals surface area contributed by atoms with Gasteiger partial charge >= 0.3 is 6.18 Å². The molecule has 0 saturated heterocycles. The molecule has 22 heavy (non-hydrogen) atoms. The summed E-state index contributed by atoms with van der Waals surface area (Å²) in [5, 5.41) is 8.78. The van der Waals surface area contributed by atoms with Gasteiger partial charge in [-0.25, -0.2) is 0 Å². The van der Waals surface area contributed by atoms with E-state index in [1.54, 1.807) is 7.11 Å². The highest BCUT2D eigenvalue weighted by molar-refractivity contribution is 7.78. The van der Waals surface area contributed by atoms with Gasteiger partial charge in [0.15, 0.2) is 9.79 Å². The van der Waals surface area contributed by atoms with Crippen LogP contribution in [0.3, 0.4) is 0 Å². The molecule has 3 nitrogen and oxygen atoms in total. The van der Waals surface area contributed by atoms with Crippen molar-refractivity contribution in [3.8, 4) is 5.75 Å². The molecule has 0 N–H and O–H groups in total. The predicted molar refractivity (Wildman–Crippen MR) is 75.8 cm³/mol. The normalized spacial score (nSPS) is 10.4.